The normalized spacial score (nSPS) is 10.9. The molecule has 56 valence electrons. The molecule has 0 fully saturated rings. The average molecular weight is 157 g/mol. The van der Waals surface area contributed by atoms with E-state index in [1.807, 2.05) is 18.7 Å². The predicted molar refractivity (Wildman–Crippen MR) is 44.1 cm³/mol. The lowest BCUT2D eigenvalue weighted by atomic mass is 10.7. The quantitative estimate of drug-likeness (QED) is 0.555. The maximum Gasteiger partial charge on any atom is 0.172 e. The molecule has 0 amide bonds. The summed E-state index contributed by atoms with van der Waals surface area (Å²) in [5.41, 5.74) is 0.995. The van der Waals surface area contributed by atoms with Crippen LogP contribution >= 0.6 is 7.92 Å². The van der Waals surface area contributed by atoms with Gasteiger partial charge in [-0.15, -0.1) is 0 Å². The van der Waals surface area contributed by atoms with Crippen molar-refractivity contribution < 1.29 is 0 Å². The second kappa shape index (κ2) is 2.67. The Hall–Kier alpha value is -0.430. The lowest BCUT2D eigenvalue weighted by molar-refractivity contribution is 0.739. The molecule has 0 aromatic carbocycles. The molecule has 0 aliphatic rings. The van der Waals surface area contributed by atoms with Crippen LogP contribution in [0.25, 0.3) is 0 Å². The fraction of sp³-hybridized carbons (Fsp3) is 0.667. The number of nitrogens with zero attached hydrogens (tertiary/aromatic N) is 3. The second-order valence-electron chi connectivity index (χ2n) is 2.48. The van der Waals surface area contributed by atoms with Crippen LogP contribution in [0, 0.1) is 6.92 Å². The molecule has 0 bridgehead atoms. The standard InChI is InChI=1S/C6H12N3P/c1-5-7-6(10(3)4)8-9(5)2/h1-4H3. The van der Waals surface area contributed by atoms with E-state index in [2.05, 4.69) is 23.4 Å². The maximum atomic E-state index is 4.29. The maximum absolute atomic E-state index is 4.29. The molecule has 1 heterocycles. The van der Waals surface area contributed by atoms with Gasteiger partial charge >= 0.3 is 0 Å². The van der Waals surface area contributed by atoms with Crippen molar-refractivity contribution in [1.82, 2.24) is 14.8 Å². The fourth-order valence-electron chi connectivity index (χ4n) is 0.635. The lowest BCUT2D eigenvalue weighted by Gasteiger charge is -1.94. The van der Waals surface area contributed by atoms with Gasteiger partial charge in [-0.2, -0.15) is 5.10 Å². The van der Waals surface area contributed by atoms with Gasteiger partial charge in [-0.3, -0.25) is 4.68 Å². The number of aromatic nitrogens is 3. The molecule has 0 aliphatic carbocycles. The molecule has 1 aromatic heterocycles. The van der Waals surface area contributed by atoms with Gasteiger partial charge in [0.05, 0.1) is 0 Å². The minimum Gasteiger partial charge on any atom is -0.253 e. The van der Waals surface area contributed by atoms with E-state index in [9.17, 15) is 0 Å². The Labute approximate surface area is 62.2 Å². The van der Waals surface area contributed by atoms with Crippen molar-refractivity contribution in [2.45, 2.75) is 6.92 Å². The first kappa shape index (κ1) is 7.67. The molecule has 0 atom stereocenters. The summed E-state index contributed by atoms with van der Waals surface area (Å²) in [6, 6.07) is 0. The second-order valence-corrected chi connectivity index (χ2v) is 4.67. The van der Waals surface area contributed by atoms with E-state index in [4.69, 9.17) is 0 Å². The number of hydrogen-bond acceptors (Lipinski definition) is 2. The van der Waals surface area contributed by atoms with Gasteiger partial charge in [0.1, 0.15) is 5.82 Å². The monoisotopic (exact) mass is 157 g/mol. The number of rotatable bonds is 1. The van der Waals surface area contributed by atoms with E-state index in [0.717, 1.165) is 11.4 Å². The zero-order valence-corrected chi connectivity index (χ0v) is 7.68. The molecule has 4 heteroatoms. The van der Waals surface area contributed by atoms with Crippen molar-refractivity contribution >= 4 is 13.5 Å². The van der Waals surface area contributed by atoms with Gasteiger partial charge in [-0.25, -0.2) is 4.98 Å². The third-order valence-corrected chi connectivity index (χ3v) is 2.36. The first-order valence-electron chi connectivity index (χ1n) is 3.16. The van der Waals surface area contributed by atoms with E-state index in [1.54, 1.807) is 0 Å². The zero-order chi connectivity index (χ0) is 7.72. The Bertz CT molecular complexity index is 209. The lowest BCUT2D eigenvalue weighted by Crippen LogP contribution is -2.05. The van der Waals surface area contributed by atoms with E-state index in [1.165, 1.54) is 0 Å². The molecule has 1 aromatic rings. The highest BCUT2D eigenvalue weighted by Crippen LogP contribution is 2.20. The summed E-state index contributed by atoms with van der Waals surface area (Å²) in [5.74, 6) is 0.992. The Balaban J connectivity index is 2.98. The first-order chi connectivity index (χ1) is 4.61. The van der Waals surface area contributed by atoms with Crippen LogP contribution in [0.15, 0.2) is 0 Å². The van der Waals surface area contributed by atoms with E-state index in [0.29, 0.717) is 0 Å². The molecular weight excluding hydrogens is 145 g/mol. The highest BCUT2D eigenvalue weighted by Gasteiger charge is 2.05. The van der Waals surface area contributed by atoms with Gasteiger partial charge in [0.25, 0.3) is 0 Å². The van der Waals surface area contributed by atoms with Gasteiger partial charge < -0.3 is 0 Å². The van der Waals surface area contributed by atoms with Crippen LogP contribution in [0.4, 0.5) is 0 Å². The van der Waals surface area contributed by atoms with Crippen LogP contribution in [0.5, 0.6) is 0 Å². The average Bonchev–Trinajstić information content (AvgIpc) is 2.13. The molecule has 1 rings (SSSR count). The molecule has 0 N–H and O–H groups in total. The molecule has 0 unspecified atom stereocenters. The summed E-state index contributed by atoms with van der Waals surface area (Å²) in [4.78, 5) is 4.29. The van der Waals surface area contributed by atoms with Gasteiger partial charge in [-0.1, -0.05) is 0 Å². The Morgan fingerprint density at radius 2 is 2.00 bits per heavy atom. The largest absolute Gasteiger partial charge is 0.253 e. The van der Waals surface area contributed by atoms with Crippen LogP contribution in [0.2, 0.25) is 0 Å². The van der Waals surface area contributed by atoms with Crippen molar-refractivity contribution in [2.24, 2.45) is 7.05 Å². The van der Waals surface area contributed by atoms with E-state index >= 15 is 0 Å². The van der Waals surface area contributed by atoms with Gasteiger partial charge in [0.2, 0.25) is 0 Å². The number of aryl methyl sites for hydroxylation is 2. The molecular formula is C6H12N3P. The summed E-state index contributed by atoms with van der Waals surface area (Å²) in [5, 5.41) is 4.24. The van der Waals surface area contributed by atoms with Crippen molar-refractivity contribution in [2.75, 3.05) is 13.3 Å². The SMILES string of the molecule is Cc1nc(P(C)C)nn1C. The smallest absolute Gasteiger partial charge is 0.172 e. The topological polar surface area (TPSA) is 30.7 Å². The minimum absolute atomic E-state index is 0.134. The van der Waals surface area contributed by atoms with E-state index in [-0.39, 0.29) is 7.92 Å². The van der Waals surface area contributed by atoms with Gasteiger partial charge in [-0.05, 0) is 28.2 Å². The third-order valence-electron chi connectivity index (χ3n) is 1.37. The van der Waals surface area contributed by atoms with Crippen LogP contribution in [-0.4, -0.2) is 28.1 Å². The number of hydrogen-bond donors (Lipinski definition) is 0. The van der Waals surface area contributed by atoms with Crippen LogP contribution < -0.4 is 5.57 Å². The first-order valence-corrected chi connectivity index (χ1v) is 5.40. The molecule has 0 aliphatic heterocycles. The molecule has 10 heavy (non-hydrogen) atoms. The summed E-state index contributed by atoms with van der Waals surface area (Å²) in [6.45, 7) is 6.28. The van der Waals surface area contributed by atoms with Crippen molar-refractivity contribution in [3.8, 4) is 0 Å². The van der Waals surface area contributed by atoms with Crippen LogP contribution in [0.1, 0.15) is 5.82 Å². The third kappa shape index (κ3) is 1.35. The summed E-state index contributed by atoms with van der Waals surface area (Å²) >= 11 is 0. The fourth-order valence-corrected chi connectivity index (χ4v) is 1.29. The highest BCUT2D eigenvalue weighted by atomic mass is 31.1. The zero-order valence-electron chi connectivity index (χ0n) is 6.79. The molecule has 0 saturated heterocycles. The molecule has 0 radical (unpaired) electrons. The minimum atomic E-state index is -0.134. The van der Waals surface area contributed by atoms with Gasteiger partial charge in [0, 0.05) is 7.05 Å². The Morgan fingerprint density at radius 1 is 1.40 bits per heavy atom. The summed E-state index contributed by atoms with van der Waals surface area (Å²) in [7, 11) is 1.79. The van der Waals surface area contributed by atoms with Crippen molar-refractivity contribution in [1.29, 1.82) is 0 Å². The molecule has 0 spiro atoms. The molecule has 3 nitrogen and oxygen atoms in total. The molecule has 0 saturated carbocycles. The Morgan fingerprint density at radius 3 is 2.20 bits per heavy atom. The van der Waals surface area contributed by atoms with Gasteiger partial charge in [0.15, 0.2) is 5.57 Å². The van der Waals surface area contributed by atoms with Crippen LogP contribution in [-0.2, 0) is 7.05 Å². The summed E-state index contributed by atoms with van der Waals surface area (Å²) < 4.78 is 1.82. The summed E-state index contributed by atoms with van der Waals surface area (Å²) in [6.07, 6.45) is 0. The van der Waals surface area contributed by atoms with E-state index < -0.39 is 0 Å². The highest BCUT2D eigenvalue weighted by molar-refractivity contribution is 7.63. The van der Waals surface area contributed by atoms with Crippen molar-refractivity contribution in [3.63, 3.8) is 0 Å². The Kier molecular flexibility index (Phi) is 2.05. The van der Waals surface area contributed by atoms with Crippen molar-refractivity contribution in [3.05, 3.63) is 5.82 Å². The predicted octanol–water partition coefficient (Wildman–Crippen LogP) is 0.490. The van der Waals surface area contributed by atoms with Crippen LogP contribution in [0.3, 0.4) is 0 Å².